The highest BCUT2D eigenvalue weighted by Gasteiger charge is 2.05. The van der Waals surface area contributed by atoms with Gasteiger partial charge in [0.15, 0.2) is 6.29 Å². The molecule has 1 unspecified atom stereocenters. The van der Waals surface area contributed by atoms with E-state index in [1.165, 1.54) is 5.56 Å². The van der Waals surface area contributed by atoms with Gasteiger partial charge in [-0.15, -0.1) is 0 Å². The van der Waals surface area contributed by atoms with Gasteiger partial charge >= 0.3 is 0 Å². The van der Waals surface area contributed by atoms with Gasteiger partial charge in [-0.2, -0.15) is 0 Å². The smallest absolute Gasteiger partial charge is 0.251 e. The third kappa shape index (κ3) is 4.78. The molecule has 3 aromatic rings. The molecule has 0 bridgehead atoms. The first-order valence-corrected chi connectivity index (χ1v) is 8.11. The number of carbonyl (C=O) groups is 2. The Morgan fingerprint density at radius 2 is 1.80 bits per heavy atom. The molecule has 0 saturated carbocycles. The molecule has 0 aliphatic rings. The molecule has 0 radical (unpaired) electrons. The number of carbonyl (C=O) groups excluding carboxylic acids is 2. The van der Waals surface area contributed by atoms with Crippen LogP contribution >= 0.6 is 0 Å². The average Bonchev–Trinajstić information content (AvgIpc) is 3.10. The highest BCUT2D eigenvalue weighted by atomic mass is 16.1. The molecule has 25 heavy (non-hydrogen) atoms. The Balaban J connectivity index is 0.000000196. The third-order valence-electron chi connectivity index (χ3n) is 3.99. The van der Waals surface area contributed by atoms with E-state index < -0.39 is 0 Å². The first kappa shape index (κ1) is 18.4. The second-order valence-corrected chi connectivity index (χ2v) is 5.64. The Kier molecular flexibility index (Phi) is 6.48. The van der Waals surface area contributed by atoms with Crippen LogP contribution in [-0.4, -0.2) is 31.3 Å². The number of H-pyrrole nitrogens is 1. The van der Waals surface area contributed by atoms with Gasteiger partial charge in [0.1, 0.15) is 0 Å². The number of nitrogens with one attached hydrogen (secondary N) is 3. The molecule has 2 aromatic carbocycles. The quantitative estimate of drug-likeness (QED) is 0.640. The molecular formula is C20H23N3O2. The van der Waals surface area contributed by atoms with E-state index in [1.54, 1.807) is 31.3 Å². The summed E-state index contributed by atoms with van der Waals surface area (Å²) in [5, 5.41) is 6.59. The van der Waals surface area contributed by atoms with Gasteiger partial charge in [-0.3, -0.25) is 9.59 Å². The monoisotopic (exact) mass is 337 g/mol. The summed E-state index contributed by atoms with van der Waals surface area (Å²) in [6.07, 6.45) is 0.750. The fraction of sp³-hybridized carbons (Fsp3) is 0.200. The van der Waals surface area contributed by atoms with Crippen molar-refractivity contribution < 1.29 is 9.59 Å². The molecule has 0 spiro atoms. The number of benzene rings is 2. The van der Waals surface area contributed by atoms with Gasteiger partial charge in [-0.05, 0) is 43.8 Å². The van der Waals surface area contributed by atoms with Gasteiger partial charge in [-0.25, -0.2) is 0 Å². The van der Waals surface area contributed by atoms with Crippen molar-refractivity contribution in [3.63, 3.8) is 0 Å². The van der Waals surface area contributed by atoms with Crippen molar-refractivity contribution in [1.82, 2.24) is 15.6 Å². The molecule has 1 heterocycles. The molecule has 1 amide bonds. The summed E-state index contributed by atoms with van der Waals surface area (Å²) < 4.78 is 0. The molecular weight excluding hydrogens is 314 g/mol. The minimum absolute atomic E-state index is 0.134. The van der Waals surface area contributed by atoms with Crippen LogP contribution in [0.1, 0.15) is 39.4 Å². The highest BCUT2D eigenvalue weighted by molar-refractivity contribution is 5.99. The largest absolute Gasteiger partial charge is 0.355 e. The summed E-state index contributed by atoms with van der Waals surface area (Å²) >= 11 is 0. The van der Waals surface area contributed by atoms with Crippen LogP contribution in [0.4, 0.5) is 0 Å². The normalized spacial score (nSPS) is 11.3. The average molecular weight is 337 g/mol. The SMILES string of the molecule is CNC(=O)c1ccc2[nH]c(C=O)cc2c1.CNC(C)c1ccccc1. The van der Waals surface area contributed by atoms with Gasteiger partial charge in [-0.1, -0.05) is 30.3 Å². The molecule has 5 heteroatoms. The van der Waals surface area contributed by atoms with Crippen LogP contribution in [0.3, 0.4) is 0 Å². The summed E-state index contributed by atoms with van der Waals surface area (Å²) in [5.41, 5.74) is 3.29. The number of aldehydes is 1. The first-order chi connectivity index (χ1) is 12.1. The molecule has 1 aromatic heterocycles. The van der Waals surface area contributed by atoms with Crippen LogP contribution < -0.4 is 10.6 Å². The maximum Gasteiger partial charge on any atom is 0.251 e. The van der Waals surface area contributed by atoms with E-state index in [2.05, 4.69) is 46.8 Å². The summed E-state index contributed by atoms with van der Waals surface area (Å²) in [7, 11) is 3.55. The molecule has 3 rings (SSSR count). The van der Waals surface area contributed by atoms with Crippen molar-refractivity contribution in [2.24, 2.45) is 0 Å². The van der Waals surface area contributed by atoms with E-state index in [0.29, 0.717) is 17.3 Å². The lowest BCUT2D eigenvalue weighted by Gasteiger charge is -2.08. The van der Waals surface area contributed by atoms with E-state index in [-0.39, 0.29) is 5.91 Å². The minimum atomic E-state index is -0.134. The zero-order valence-electron chi connectivity index (χ0n) is 14.7. The number of hydrogen-bond donors (Lipinski definition) is 3. The fourth-order valence-electron chi connectivity index (χ4n) is 2.41. The van der Waals surface area contributed by atoms with E-state index in [4.69, 9.17) is 0 Å². The number of aromatic amines is 1. The van der Waals surface area contributed by atoms with Crippen molar-refractivity contribution in [2.75, 3.05) is 14.1 Å². The molecule has 0 fully saturated rings. The summed E-state index contributed by atoms with van der Waals surface area (Å²) in [6, 6.07) is 17.8. The van der Waals surface area contributed by atoms with Crippen LogP contribution in [0, 0.1) is 0 Å². The number of aromatic nitrogens is 1. The Morgan fingerprint density at radius 3 is 2.40 bits per heavy atom. The van der Waals surface area contributed by atoms with Crippen molar-refractivity contribution in [3.8, 4) is 0 Å². The lowest BCUT2D eigenvalue weighted by Crippen LogP contribution is -2.17. The molecule has 0 aliphatic heterocycles. The lowest BCUT2D eigenvalue weighted by atomic mass is 10.1. The molecule has 5 nitrogen and oxygen atoms in total. The van der Waals surface area contributed by atoms with Crippen LogP contribution in [0.5, 0.6) is 0 Å². The van der Waals surface area contributed by atoms with E-state index >= 15 is 0 Å². The van der Waals surface area contributed by atoms with E-state index in [9.17, 15) is 9.59 Å². The van der Waals surface area contributed by atoms with Crippen molar-refractivity contribution in [1.29, 1.82) is 0 Å². The predicted molar refractivity (Wildman–Crippen MR) is 101 cm³/mol. The molecule has 130 valence electrons. The number of amides is 1. The standard InChI is InChI=1S/C11H10N2O2.C9H13N/c1-12-11(15)7-2-3-10-8(4-7)5-9(6-14)13-10;1-8(10-2)9-6-4-3-5-7-9/h2-6,13H,1H3,(H,12,15);3-8,10H,1-2H3. The predicted octanol–water partition coefficient (Wildman–Crippen LogP) is 3.31. The maximum absolute atomic E-state index is 11.3. The van der Waals surface area contributed by atoms with Gasteiger partial charge in [0.25, 0.3) is 5.91 Å². The summed E-state index contributed by atoms with van der Waals surface area (Å²) in [5.74, 6) is -0.134. The Labute approximate surface area is 147 Å². The van der Waals surface area contributed by atoms with Crippen molar-refractivity contribution in [3.05, 3.63) is 71.4 Å². The maximum atomic E-state index is 11.3. The number of hydrogen-bond acceptors (Lipinski definition) is 3. The van der Waals surface area contributed by atoms with Crippen molar-refractivity contribution in [2.45, 2.75) is 13.0 Å². The molecule has 1 atom stereocenters. The number of rotatable bonds is 4. The van der Waals surface area contributed by atoms with Gasteiger partial charge in [0, 0.05) is 29.6 Å². The Hall–Kier alpha value is -2.92. The van der Waals surface area contributed by atoms with E-state index in [0.717, 1.165) is 17.2 Å². The molecule has 0 aliphatic carbocycles. The van der Waals surface area contributed by atoms with Gasteiger partial charge in [0.2, 0.25) is 0 Å². The fourth-order valence-corrected chi connectivity index (χ4v) is 2.41. The topological polar surface area (TPSA) is 74.0 Å². The van der Waals surface area contributed by atoms with Crippen LogP contribution in [0.15, 0.2) is 54.6 Å². The molecule has 0 saturated heterocycles. The van der Waals surface area contributed by atoms with Gasteiger partial charge < -0.3 is 15.6 Å². The Bertz CT molecular complexity index is 841. The summed E-state index contributed by atoms with van der Waals surface area (Å²) in [4.78, 5) is 24.8. The van der Waals surface area contributed by atoms with Crippen molar-refractivity contribution >= 4 is 23.1 Å². The minimum Gasteiger partial charge on any atom is -0.355 e. The second kappa shape index (κ2) is 8.80. The zero-order chi connectivity index (χ0) is 18.2. The van der Waals surface area contributed by atoms with Crippen LogP contribution in [-0.2, 0) is 0 Å². The second-order valence-electron chi connectivity index (χ2n) is 5.64. The third-order valence-corrected chi connectivity index (χ3v) is 3.99. The van der Waals surface area contributed by atoms with Crippen LogP contribution in [0.2, 0.25) is 0 Å². The molecule has 3 N–H and O–H groups in total. The summed E-state index contributed by atoms with van der Waals surface area (Å²) in [6.45, 7) is 2.15. The van der Waals surface area contributed by atoms with Crippen LogP contribution in [0.25, 0.3) is 10.9 Å². The number of fused-ring (bicyclic) bond motifs is 1. The lowest BCUT2D eigenvalue weighted by molar-refractivity contribution is 0.0963. The van der Waals surface area contributed by atoms with Gasteiger partial charge in [0.05, 0.1) is 5.69 Å². The Morgan fingerprint density at radius 1 is 1.08 bits per heavy atom. The zero-order valence-corrected chi connectivity index (χ0v) is 14.7. The van der Waals surface area contributed by atoms with E-state index in [1.807, 2.05) is 13.1 Å². The highest BCUT2D eigenvalue weighted by Crippen LogP contribution is 2.16. The first-order valence-electron chi connectivity index (χ1n) is 8.11.